The standard InChI is InChI=1S/C23H28F2N2O4S/c24-16-2-3-17(25)18(7-16)32(30,31)27-23(4-1-5-23)19(28)12-21-8-14-6-15(9-21)11-22(10-14,13-21)20(26)29/h2-3,7,14-15,27H,1,4-6,8-13H2,(H2,26,29). The van der Waals surface area contributed by atoms with Gasteiger partial charge in [-0.2, -0.15) is 4.72 Å². The van der Waals surface area contributed by atoms with Crippen LogP contribution in [0.4, 0.5) is 8.78 Å². The maximum Gasteiger partial charge on any atom is 0.244 e. The third-order valence-electron chi connectivity index (χ3n) is 8.49. The molecule has 0 heterocycles. The normalized spacial score (nSPS) is 34.8. The number of nitrogens with two attached hydrogens (primary N) is 1. The van der Waals surface area contributed by atoms with Crippen LogP contribution < -0.4 is 10.5 Å². The summed E-state index contributed by atoms with van der Waals surface area (Å²) in [5, 5.41) is 0. The van der Waals surface area contributed by atoms with Gasteiger partial charge in [-0.05, 0) is 93.2 Å². The maximum atomic E-state index is 14.2. The second-order valence-electron chi connectivity index (χ2n) is 10.8. The minimum atomic E-state index is -4.43. The first-order valence-electron chi connectivity index (χ1n) is 11.3. The maximum absolute atomic E-state index is 14.2. The predicted molar refractivity (Wildman–Crippen MR) is 112 cm³/mol. The molecule has 2 atom stereocenters. The number of sulfonamides is 1. The van der Waals surface area contributed by atoms with E-state index in [-0.39, 0.29) is 23.5 Å². The fourth-order valence-corrected chi connectivity index (χ4v) is 8.96. The lowest BCUT2D eigenvalue weighted by Gasteiger charge is -2.61. The molecule has 1 aromatic rings. The molecule has 5 aliphatic rings. The van der Waals surface area contributed by atoms with Crippen molar-refractivity contribution in [2.45, 2.75) is 74.6 Å². The minimum absolute atomic E-state index is 0.184. The molecule has 2 unspecified atom stereocenters. The summed E-state index contributed by atoms with van der Waals surface area (Å²) in [7, 11) is -4.43. The molecule has 174 valence electrons. The monoisotopic (exact) mass is 466 g/mol. The van der Waals surface area contributed by atoms with Gasteiger partial charge in [-0.15, -0.1) is 0 Å². The number of Topliss-reactive ketones (excluding diaryl/α,β-unsaturated/α-hetero) is 1. The number of amides is 1. The fraction of sp³-hybridized carbons (Fsp3) is 0.652. The van der Waals surface area contributed by atoms with Crippen LogP contribution >= 0.6 is 0 Å². The van der Waals surface area contributed by atoms with Crippen LogP contribution in [0.25, 0.3) is 0 Å². The Labute approximate surface area is 186 Å². The molecule has 9 heteroatoms. The van der Waals surface area contributed by atoms with E-state index in [1.54, 1.807) is 0 Å². The molecule has 0 saturated heterocycles. The predicted octanol–water partition coefficient (Wildman–Crippen LogP) is 3.20. The topological polar surface area (TPSA) is 106 Å². The van der Waals surface area contributed by atoms with Crippen LogP contribution in [-0.4, -0.2) is 25.6 Å². The van der Waals surface area contributed by atoms with Gasteiger partial charge in [0.15, 0.2) is 5.78 Å². The third-order valence-corrected chi connectivity index (χ3v) is 10.0. The molecule has 32 heavy (non-hydrogen) atoms. The van der Waals surface area contributed by atoms with Crippen molar-refractivity contribution in [2.24, 2.45) is 28.4 Å². The molecule has 6 nitrogen and oxygen atoms in total. The van der Waals surface area contributed by atoms with Gasteiger partial charge in [0, 0.05) is 6.42 Å². The summed E-state index contributed by atoms with van der Waals surface area (Å²) in [5.74, 6) is -1.70. The van der Waals surface area contributed by atoms with E-state index in [4.69, 9.17) is 5.73 Å². The SMILES string of the molecule is NC(=O)C12CC3CC(CC(CC(=O)C4(NS(=O)(=O)c5cc(F)ccc5F)CCC4)(C3)C1)C2. The van der Waals surface area contributed by atoms with Gasteiger partial charge in [-0.25, -0.2) is 17.2 Å². The van der Waals surface area contributed by atoms with Crippen molar-refractivity contribution in [2.75, 3.05) is 0 Å². The average molecular weight is 467 g/mol. The lowest BCUT2D eigenvalue weighted by atomic mass is 9.43. The summed E-state index contributed by atoms with van der Waals surface area (Å²) in [4.78, 5) is 25.1. The van der Waals surface area contributed by atoms with Crippen LogP contribution in [0, 0.1) is 34.3 Å². The summed E-state index contributed by atoms with van der Waals surface area (Å²) in [6.45, 7) is 0. The van der Waals surface area contributed by atoms with Crippen molar-refractivity contribution in [1.29, 1.82) is 0 Å². The molecule has 1 amide bonds. The van der Waals surface area contributed by atoms with Crippen molar-refractivity contribution >= 4 is 21.7 Å². The van der Waals surface area contributed by atoms with E-state index in [2.05, 4.69) is 4.72 Å². The number of hydrogen-bond acceptors (Lipinski definition) is 4. The molecule has 4 bridgehead atoms. The number of carbonyl (C=O) groups is 2. The van der Waals surface area contributed by atoms with E-state index in [9.17, 15) is 26.8 Å². The molecule has 5 aliphatic carbocycles. The Balaban J connectivity index is 1.40. The van der Waals surface area contributed by atoms with E-state index in [1.165, 1.54) is 0 Å². The van der Waals surface area contributed by atoms with Crippen molar-refractivity contribution < 1.29 is 26.8 Å². The number of nitrogens with one attached hydrogen (secondary N) is 1. The molecule has 6 rings (SSSR count). The Morgan fingerprint density at radius 3 is 2.31 bits per heavy atom. The van der Waals surface area contributed by atoms with Crippen LogP contribution in [0.5, 0.6) is 0 Å². The highest BCUT2D eigenvalue weighted by Crippen LogP contribution is 2.66. The highest BCUT2D eigenvalue weighted by atomic mass is 32.2. The average Bonchev–Trinajstić information content (AvgIpc) is 2.65. The zero-order chi connectivity index (χ0) is 22.9. The number of hydrogen-bond donors (Lipinski definition) is 2. The quantitative estimate of drug-likeness (QED) is 0.644. The smallest absolute Gasteiger partial charge is 0.244 e. The van der Waals surface area contributed by atoms with E-state index in [1.807, 2.05) is 0 Å². The van der Waals surface area contributed by atoms with Crippen molar-refractivity contribution in [3.8, 4) is 0 Å². The lowest BCUT2D eigenvalue weighted by molar-refractivity contribution is -0.159. The van der Waals surface area contributed by atoms with E-state index in [0.29, 0.717) is 43.6 Å². The summed E-state index contributed by atoms with van der Waals surface area (Å²) in [6.07, 6.45) is 6.41. The zero-order valence-corrected chi connectivity index (χ0v) is 18.6. The summed E-state index contributed by atoms with van der Waals surface area (Å²) in [6, 6.07) is 2.24. The first-order valence-corrected chi connectivity index (χ1v) is 12.8. The number of primary amides is 1. The Morgan fingerprint density at radius 1 is 1.09 bits per heavy atom. The van der Waals surface area contributed by atoms with Gasteiger partial charge in [-0.3, -0.25) is 9.59 Å². The van der Waals surface area contributed by atoms with Crippen LogP contribution in [0.3, 0.4) is 0 Å². The number of carbonyl (C=O) groups excluding carboxylic acids is 2. The van der Waals surface area contributed by atoms with Gasteiger partial charge in [-0.1, -0.05) is 0 Å². The van der Waals surface area contributed by atoms with E-state index < -0.39 is 37.5 Å². The number of rotatable bonds is 7. The Kier molecular flexibility index (Phi) is 4.84. The second kappa shape index (κ2) is 7.06. The van der Waals surface area contributed by atoms with Gasteiger partial charge in [0.25, 0.3) is 0 Å². The summed E-state index contributed by atoms with van der Waals surface area (Å²) >= 11 is 0. The highest BCUT2D eigenvalue weighted by molar-refractivity contribution is 7.89. The molecular weight excluding hydrogens is 438 g/mol. The third kappa shape index (κ3) is 3.39. The first-order chi connectivity index (χ1) is 15.0. The molecule has 0 spiro atoms. The van der Waals surface area contributed by atoms with Crippen LogP contribution in [0.15, 0.2) is 23.1 Å². The lowest BCUT2D eigenvalue weighted by Crippen LogP contribution is -2.62. The molecule has 0 aromatic heterocycles. The zero-order valence-electron chi connectivity index (χ0n) is 17.8. The van der Waals surface area contributed by atoms with Crippen LogP contribution in [0.2, 0.25) is 0 Å². The Bertz CT molecular complexity index is 1090. The summed E-state index contributed by atoms with van der Waals surface area (Å²) < 4.78 is 56.0. The summed E-state index contributed by atoms with van der Waals surface area (Å²) in [5.41, 5.74) is 3.60. The van der Waals surface area contributed by atoms with Gasteiger partial charge in [0.05, 0.1) is 11.0 Å². The minimum Gasteiger partial charge on any atom is -0.369 e. The van der Waals surface area contributed by atoms with Crippen molar-refractivity contribution in [1.82, 2.24) is 4.72 Å². The van der Waals surface area contributed by atoms with Crippen LogP contribution in [-0.2, 0) is 19.6 Å². The molecule has 3 N–H and O–H groups in total. The van der Waals surface area contributed by atoms with Gasteiger partial charge < -0.3 is 5.73 Å². The van der Waals surface area contributed by atoms with Gasteiger partial charge in [0.2, 0.25) is 15.9 Å². The molecule has 1 aromatic carbocycles. The molecule has 0 aliphatic heterocycles. The largest absolute Gasteiger partial charge is 0.369 e. The number of ketones is 1. The van der Waals surface area contributed by atoms with Crippen molar-refractivity contribution in [3.05, 3.63) is 29.8 Å². The van der Waals surface area contributed by atoms with E-state index in [0.717, 1.165) is 44.2 Å². The highest BCUT2D eigenvalue weighted by Gasteiger charge is 2.61. The van der Waals surface area contributed by atoms with Gasteiger partial charge >= 0.3 is 0 Å². The Morgan fingerprint density at radius 2 is 1.75 bits per heavy atom. The number of halogens is 2. The molecular formula is C23H28F2N2O4S. The van der Waals surface area contributed by atoms with E-state index >= 15 is 0 Å². The van der Waals surface area contributed by atoms with Crippen LogP contribution in [0.1, 0.15) is 64.2 Å². The second-order valence-corrected chi connectivity index (χ2v) is 12.5. The molecule has 5 fully saturated rings. The van der Waals surface area contributed by atoms with Gasteiger partial charge in [0.1, 0.15) is 16.5 Å². The molecule has 0 radical (unpaired) electrons. The fourth-order valence-electron chi connectivity index (χ4n) is 7.42. The van der Waals surface area contributed by atoms with Crippen molar-refractivity contribution in [3.63, 3.8) is 0 Å². The number of benzene rings is 1. The molecule has 5 saturated carbocycles. The first kappa shape index (κ1) is 21.9. The Hall–Kier alpha value is -1.87.